The summed E-state index contributed by atoms with van der Waals surface area (Å²) in [6.07, 6.45) is 0. The van der Waals surface area contributed by atoms with Crippen LogP contribution in [0.25, 0.3) is 5.69 Å². The summed E-state index contributed by atoms with van der Waals surface area (Å²) in [5, 5.41) is 15.3. The summed E-state index contributed by atoms with van der Waals surface area (Å²) in [5.41, 5.74) is 5.11. The SMILES string of the molecule is Cc1ccc(-n2nnnc2SCC(=O)Nc2ccccc2C)cc1C. The molecule has 3 aromatic rings. The number of carbonyl (C=O) groups is 1. The highest BCUT2D eigenvalue weighted by Gasteiger charge is 2.12. The van der Waals surface area contributed by atoms with Crippen molar-refractivity contribution in [2.45, 2.75) is 25.9 Å². The number of hydrogen-bond acceptors (Lipinski definition) is 5. The molecule has 0 saturated heterocycles. The maximum Gasteiger partial charge on any atom is 0.234 e. The Morgan fingerprint density at radius 3 is 2.64 bits per heavy atom. The Morgan fingerprint density at radius 2 is 1.88 bits per heavy atom. The maximum absolute atomic E-state index is 12.2. The Bertz CT molecular complexity index is 906. The number of para-hydroxylation sites is 1. The van der Waals surface area contributed by atoms with Crippen molar-refractivity contribution in [3.63, 3.8) is 0 Å². The molecule has 0 spiro atoms. The first-order valence-electron chi connectivity index (χ1n) is 7.89. The van der Waals surface area contributed by atoms with Crippen LogP contribution in [0.4, 0.5) is 5.69 Å². The smallest absolute Gasteiger partial charge is 0.234 e. The highest BCUT2D eigenvalue weighted by atomic mass is 32.2. The average Bonchev–Trinajstić information content (AvgIpc) is 3.06. The van der Waals surface area contributed by atoms with Crippen molar-refractivity contribution < 1.29 is 4.79 Å². The summed E-state index contributed by atoms with van der Waals surface area (Å²) >= 11 is 1.31. The quantitative estimate of drug-likeness (QED) is 0.713. The number of carbonyl (C=O) groups excluding carboxylic acids is 1. The monoisotopic (exact) mass is 353 g/mol. The third kappa shape index (κ3) is 4.06. The van der Waals surface area contributed by atoms with Crippen LogP contribution < -0.4 is 5.32 Å². The zero-order valence-electron chi connectivity index (χ0n) is 14.4. The number of nitrogens with zero attached hydrogens (tertiary/aromatic N) is 4. The summed E-state index contributed by atoms with van der Waals surface area (Å²) in [6.45, 7) is 6.07. The zero-order valence-corrected chi connectivity index (χ0v) is 15.2. The molecule has 0 saturated carbocycles. The largest absolute Gasteiger partial charge is 0.325 e. The topological polar surface area (TPSA) is 72.7 Å². The van der Waals surface area contributed by atoms with Crippen LogP contribution in [0.5, 0.6) is 0 Å². The van der Waals surface area contributed by atoms with Crippen LogP contribution >= 0.6 is 11.8 Å². The first-order chi connectivity index (χ1) is 12.0. The van der Waals surface area contributed by atoms with E-state index in [0.717, 1.165) is 16.9 Å². The molecule has 0 radical (unpaired) electrons. The van der Waals surface area contributed by atoms with Crippen molar-refractivity contribution in [2.24, 2.45) is 0 Å². The van der Waals surface area contributed by atoms with Crippen LogP contribution in [0.2, 0.25) is 0 Å². The molecule has 0 bridgehead atoms. The first kappa shape index (κ1) is 17.2. The van der Waals surface area contributed by atoms with Crippen LogP contribution in [0.15, 0.2) is 47.6 Å². The van der Waals surface area contributed by atoms with Gasteiger partial charge >= 0.3 is 0 Å². The van der Waals surface area contributed by atoms with Gasteiger partial charge in [-0.15, -0.1) is 5.10 Å². The number of hydrogen-bond donors (Lipinski definition) is 1. The van der Waals surface area contributed by atoms with E-state index in [1.165, 1.54) is 22.9 Å². The lowest BCUT2D eigenvalue weighted by molar-refractivity contribution is -0.113. The van der Waals surface area contributed by atoms with Gasteiger partial charge in [0.1, 0.15) is 0 Å². The molecule has 0 unspecified atom stereocenters. The fraction of sp³-hybridized carbons (Fsp3) is 0.222. The zero-order chi connectivity index (χ0) is 17.8. The van der Waals surface area contributed by atoms with Gasteiger partial charge < -0.3 is 5.32 Å². The third-order valence-corrected chi connectivity index (χ3v) is 4.85. The Hall–Kier alpha value is -2.67. The van der Waals surface area contributed by atoms with E-state index in [1.54, 1.807) is 4.68 Å². The van der Waals surface area contributed by atoms with Gasteiger partial charge in [-0.3, -0.25) is 4.79 Å². The van der Waals surface area contributed by atoms with Gasteiger partial charge in [-0.2, -0.15) is 4.68 Å². The molecule has 7 heteroatoms. The third-order valence-electron chi connectivity index (χ3n) is 3.93. The van der Waals surface area contributed by atoms with E-state index in [1.807, 2.05) is 56.3 Å². The van der Waals surface area contributed by atoms with E-state index in [-0.39, 0.29) is 11.7 Å². The molecule has 128 valence electrons. The molecule has 0 atom stereocenters. The number of nitrogens with one attached hydrogen (secondary N) is 1. The number of thioether (sulfide) groups is 1. The minimum absolute atomic E-state index is 0.0889. The van der Waals surface area contributed by atoms with Gasteiger partial charge in [0, 0.05) is 5.69 Å². The van der Waals surface area contributed by atoms with Gasteiger partial charge in [-0.1, -0.05) is 36.0 Å². The second-order valence-corrected chi connectivity index (χ2v) is 6.74. The fourth-order valence-corrected chi connectivity index (χ4v) is 3.01. The maximum atomic E-state index is 12.2. The van der Waals surface area contributed by atoms with Gasteiger partial charge in [-0.25, -0.2) is 0 Å². The van der Waals surface area contributed by atoms with Crippen molar-refractivity contribution in [3.8, 4) is 5.69 Å². The molecule has 6 nitrogen and oxygen atoms in total. The summed E-state index contributed by atoms with van der Waals surface area (Å²) in [6, 6.07) is 13.7. The lowest BCUT2D eigenvalue weighted by Gasteiger charge is -2.08. The molecule has 0 aliphatic rings. The Morgan fingerprint density at radius 1 is 1.08 bits per heavy atom. The molecule has 0 fully saturated rings. The van der Waals surface area contributed by atoms with Crippen LogP contribution in [0, 0.1) is 20.8 Å². The molecule has 0 aliphatic carbocycles. The number of aryl methyl sites for hydroxylation is 3. The minimum Gasteiger partial charge on any atom is -0.325 e. The normalized spacial score (nSPS) is 10.7. The lowest BCUT2D eigenvalue weighted by atomic mass is 10.1. The van der Waals surface area contributed by atoms with E-state index < -0.39 is 0 Å². The number of tetrazole rings is 1. The highest BCUT2D eigenvalue weighted by Crippen LogP contribution is 2.21. The van der Waals surface area contributed by atoms with Crippen molar-refractivity contribution >= 4 is 23.4 Å². The first-order valence-corrected chi connectivity index (χ1v) is 8.87. The standard InChI is InChI=1S/C18H19N5OS/c1-12-8-9-15(10-14(12)3)23-18(20-21-22-23)25-11-17(24)19-16-7-5-4-6-13(16)2/h4-10H,11H2,1-3H3,(H,19,24). The molecule has 2 aromatic carbocycles. The van der Waals surface area contributed by atoms with Crippen molar-refractivity contribution in [1.82, 2.24) is 20.2 Å². The van der Waals surface area contributed by atoms with Gasteiger partial charge in [0.2, 0.25) is 11.1 Å². The van der Waals surface area contributed by atoms with Gasteiger partial charge in [0.25, 0.3) is 0 Å². The summed E-state index contributed by atoms with van der Waals surface area (Å²) < 4.78 is 1.65. The fourth-order valence-electron chi connectivity index (χ4n) is 2.32. The number of benzene rings is 2. The van der Waals surface area contributed by atoms with E-state index in [9.17, 15) is 4.79 Å². The molecule has 25 heavy (non-hydrogen) atoms. The Labute approximate surface area is 150 Å². The number of aromatic nitrogens is 4. The lowest BCUT2D eigenvalue weighted by Crippen LogP contribution is -2.15. The minimum atomic E-state index is -0.0889. The van der Waals surface area contributed by atoms with Gasteiger partial charge in [0.15, 0.2) is 0 Å². The molecular weight excluding hydrogens is 334 g/mol. The van der Waals surface area contributed by atoms with E-state index in [4.69, 9.17) is 0 Å². The molecule has 3 rings (SSSR count). The van der Waals surface area contributed by atoms with Crippen molar-refractivity contribution in [2.75, 3.05) is 11.1 Å². The molecule has 1 amide bonds. The van der Waals surface area contributed by atoms with Crippen LogP contribution in [0.3, 0.4) is 0 Å². The molecule has 1 aromatic heterocycles. The van der Waals surface area contributed by atoms with Crippen molar-refractivity contribution in [1.29, 1.82) is 0 Å². The second kappa shape index (κ2) is 7.48. The Balaban J connectivity index is 1.68. The number of amides is 1. The number of anilines is 1. The molecule has 1 N–H and O–H groups in total. The average molecular weight is 353 g/mol. The van der Waals surface area contributed by atoms with Crippen LogP contribution in [0.1, 0.15) is 16.7 Å². The number of rotatable bonds is 5. The molecule has 1 heterocycles. The second-order valence-electron chi connectivity index (χ2n) is 5.79. The summed E-state index contributed by atoms with van der Waals surface area (Å²) in [5.74, 6) is 0.147. The van der Waals surface area contributed by atoms with Crippen molar-refractivity contribution in [3.05, 3.63) is 59.2 Å². The van der Waals surface area contributed by atoms with E-state index >= 15 is 0 Å². The summed E-state index contributed by atoms with van der Waals surface area (Å²) in [7, 11) is 0. The highest BCUT2D eigenvalue weighted by molar-refractivity contribution is 7.99. The van der Waals surface area contributed by atoms with Crippen LogP contribution in [-0.2, 0) is 4.79 Å². The predicted octanol–water partition coefficient (Wildman–Crippen LogP) is 3.32. The van der Waals surface area contributed by atoms with Crippen LogP contribution in [-0.4, -0.2) is 31.9 Å². The van der Waals surface area contributed by atoms with E-state index in [0.29, 0.717) is 5.16 Å². The Kier molecular flexibility index (Phi) is 5.14. The molecular formula is C18H19N5OS. The van der Waals surface area contributed by atoms with Gasteiger partial charge in [-0.05, 0) is 66.1 Å². The predicted molar refractivity (Wildman–Crippen MR) is 99.2 cm³/mol. The summed E-state index contributed by atoms with van der Waals surface area (Å²) in [4.78, 5) is 12.2. The molecule has 0 aliphatic heterocycles. The van der Waals surface area contributed by atoms with Gasteiger partial charge in [0.05, 0.1) is 11.4 Å². The van der Waals surface area contributed by atoms with E-state index in [2.05, 4.69) is 27.8 Å².